The quantitative estimate of drug-likeness (QED) is 0.535. The van der Waals surface area contributed by atoms with Crippen molar-refractivity contribution in [2.75, 3.05) is 21.3 Å². The van der Waals surface area contributed by atoms with Gasteiger partial charge in [0.1, 0.15) is 5.75 Å². The molecule has 0 bridgehead atoms. The van der Waals surface area contributed by atoms with Gasteiger partial charge in [-0.05, 0) is 30.0 Å². The smallest absolute Gasteiger partial charge is 0.178 e. The Labute approximate surface area is 159 Å². The first-order valence-corrected chi connectivity index (χ1v) is 9.06. The number of ether oxygens (including phenoxy) is 3. The number of aromatic nitrogens is 1. The zero-order valence-corrected chi connectivity index (χ0v) is 16.2. The summed E-state index contributed by atoms with van der Waals surface area (Å²) in [4.78, 5) is 0. The van der Waals surface area contributed by atoms with Gasteiger partial charge in [-0.3, -0.25) is 0 Å². The van der Waals surface area contributed by atoms with Gasteiger partial charge in [-0.1, -0.05) is 42.8 Å². The first-order chi connectivity index (χ1) is 13.2. The van der Waals surface area contributed by atoms with Crippen LogP contribution in [0.4, 0.5) is 0 Å². The minimum absolute atomic E-state index is 0.597. The molecule has 2 aromatic carbocycles. The van der Waals surface area contributed by atoms with E-state index in [2.05, 4.69) is 36.3 Å². The van der Waals surface area contributed by atoms with Crippen LogP contribution in [0.15, 0.2) is 47.1 Å². The number of nitrogens with zero attached hydrogens (tertiary/aromatic N) is 1. The average Bonchev–Trinajstić information content (AvgIpc) is 3.21. The van der Waals surface area contributed by atoms with Crippen molar-refractivity contribution in [2.45, 2.75) is 26.2 Å². The average molecular weight is 367 g/mol. The molecule has 0 unspecified atom stereocenters. The Kier molecular flexibility index (Phi) is 6.01. The molecule has 0 fully saturated rings. The van der Waals surface area contributed by atoms with Crippen LogP contribution in [0, 0.1) is 0 Å². The van der Waals surface area contributed by atoms with Gasteiger partial charge in [-0.15, -0.1) is 0 Å². The molecule has 1 aromatic heterocycles. The lowest BCUT2D eigenvalue weighted by atomic mass is 9.99. The number of aryl methyl sites for hydroxylation is 1. The zero-order chi connectivity index (χ0) is 19.2. The molecule has 5 nitrogen and oxygen atoms in total. The minimum Gasteiger partial charge on any atom is -0.496 e. The van der Waals surface area contributed by atoms with Crippen molar-refractivity contribution >= 4 is 0 Å². The molecule has 0 atom stereocenters. The third kappa shape index (κ3) is 3.92. The predicted octanol–water partition coefficient (Wildman–Crippen LogP) is 5.38. The highest BCUT2D eigenvalue weighted by Crippen LogP contribution is 2.43. The fourth-order valence-electron chi connectivity index (χ4n) is 3.08. The summed E-state index contributed by atoms with van der Waals surface area (Å²) in [6.45, 7) is 2.20. The van der Waals surface area contributed by atoms with Crippen LogP contribution < -0.4 is 14.2 Å². The first-order valence-electron chi connectivity index (χ1n) is 9.06. The maximum Gasteiger partial charge on any atom is 0.178 e. The standard InChI is InChI=1S/C22H25NO4/c1-5-6-7-15-8-10-16(11-9-15)18-14-23-27-22(18)17-12-20(25-3)21(26-4)13-19(17)24-2/h8-14H,5-7H2,1-4H3. The molecule has 0 aliphatic heterocycles. The van der Waals surface area contributed by atoms with Crippen molar-refractivity contribution in [3.05, 3.63) is 48.2 Å². The highest BCUT2D eigenvalue weighted by molar-refractivity contribution is 5.83. The molecule has 0 radical (unpaired) electrons. The molecule has 0 aliphatic carbocycles. The second-order valence-electron chi connectivity index (χ2n) is 6.28. The van der Waals surface area contributed by atoms with Crippen LogP contribution in [-0.2, 0) is 6.42 Å². The predicted molar refractivity (Wildman–Crippen MR) is 106 cm³/mol. The third-order valence-electron chi connectivity index (χ3n) is 4.60. The molecule has 0 saturated heterocycles. The Bertz CT molecular complexity index is 884. The van der Waals surface area contributed by atoms with E-state index in [9.17, 15) is 0 Å². The summed E-state index contributed by atoms with van der Waals surface area (Å²) in [5.74, 6) is 2.46. The summed E-state index contributed by atoms with van der Waals surface area (Å²) in [5.41, 5.74) is 4.05. The van der Waals surface area contributed by atoms with E-state index in [-0.39, 0.29) is 0 Å². The van der Waals surface area contributed by atoms with Crippen molar-refractivity contribution in [2.24, 2.45) is 0 Å². The summed E-state index contributed by atoms with van der Waals surface area (Å²) in [6, 6.07) is 12.2. The van der Waals surface area contributed by atoms with Crippen molar-refractivity contribution in [1.29, 1.82) is 0 Å². The van der Waals surface area contributed by atoms with Gasteiger partial charge in [0.05, 0.1) is 33.1 Å². The van der Waals surface area contributed by atoms with Crippen molar-refractivity contribution in [3.8, 4) is 39.7 Å². The lowest BCUT2D eigenvalue weighted by Gasteiger charge is -2.13. The number of rotatable bonds is 8. The molecule has 3 aromatic rings. The number of methoxy groups -OCH3 is 3. The largest absolute Gasteiger partial charge is 0.496 e. The number of benzene rings is 2. The van der Waals surface area contributed by atoms with Gasteiger partial charge in [0.15, 0.2) is 17.3 Å². The van der Waals surface area contributed by atoms with Crippen LogP contribution >= 0.6 is 0 Å². The second-order valence-corrected chi connectivity index (χ2v) is 6.28. The highest BCUT2D eigenvalue weighted by Gasteiger charge is 2.20. The molecule has 27 heavy (non-hydrogen) atoms. The molecule has 0 saturated carbocycles. The van der Waals surface area contributed by atoms with Gasteiger partial charge >= 0.3 is 0 Å². The van der Waals surface area contributed by atoms with Crippen LogP contribution in [0.3, 0.4) is 0 Å². The molecule has 3 rings (SSSR count). The lowest BCUT2D eigenvalue weighted by molar-refractivity contribution is 0.348. The Morgan fingerprint density at radius 2 is 1.52 bits per heavy atom. The van der Waals surface area contributed by atoms with E-state index in [1.807, 2.05) is 6.07 Å². The van der Waals surface area contributed by atoms with E-state index in [1.165, 1.54) is 18.4 Å². The number of unbranched alkanes of at least 4 members (excludes halogenated alkanes) is 1. The van der Waals surface area contributed by atoms with Gasteiger partial charge in [0.2, 0.25) is 0 Å². The first kappa shape index (κ1) is 18.8. The molecule has 1 heterocycles. The van der Waals surface area contributed by atoms with Crippen molar-refractivity contribution < 1.29 is 18.7 Å². The number of hydrogen-bond acceptors (Lipinski definition) is 5. The van der Waals surface area contributed by atoms with Gasteiger partial charge in [0.25, 0.3) is 0 Å². The topological polar surface area (TPSA) is 53.7 Å². The molecule has 5 heteroatoms. The van der Waals surface area contributed by atoms with E-state index in [4.69, 9.17) is 18.7 Å². The van der Waals surface area contributed by atoms with Gasteiger partial charge in [0, 0.05) is 11.6 Å². The highest BCUT2D eigenvalue weighted by atomic mass is 16.5. The fourth-order valence-corrected chi connectivity index (χ4v) is 3.08. The van der Waals surface area contributed by atoms with E-state index in [0.29, 0.717) is 23.0 Å². The van der Waals surface area contributed by atoms with E-state index >= 15 is 0 Å². The van der Waals surface area contributed by atoms with Crippen LogP contribution in [-0.4, -0.2) is 26.5 Å². The Morgan fingerprint density at radius 1 is 0.852 bits per heavy atom. The molecule has 0 aliphatic rings. The summed E-state index contributed by atoms with van der Waals surface area (Å²) < 4.78 is 21.9. The van der Waals surface area contributed by atoms with Crippen LogP contribution in [0.2, 0.25) is 0 Å². The Morgan fingerprint density at radius 3 is 2.15 bits per heavy atom. The summed E-state index contributed by atoms with van der Waals surface area (Å²) >= 11 is 0. The maximum atomic E-state index is 5.59. The Hall–Kier alpha value is -2.95. The maximum absolute atomic E-state index is 5.59. The zero-order valence-electron chi connectivity index (χ0n) is 16.2. The molecular weight excluding hydrogens is 342 g/mol. The van der Waals surface area contributed by atoms with Crippen molar-refractivity contribution in [1.82, 2.24) is 5.16 Å². The Balaban J connectivity index is 2.02. The lowest BCUT2D eigenvalue weighted by Crippen LogP contribution is -1.95. The normalized spacial score (nSPS) is 10.7. The third-order valence-corrected chi connectivity index (χ3v) is 4.60. The second kappa shape index (κ2) is 8.62. The van der Waals surface area contributed by atoms with Crippen LogP contribution in [0.5, 0.6) is 17.2 Å². The molecule has 0 amide bonds. The molecule has 0 spiro atoms. The summed E-state index contributed by atoms with van der Waals surface area (Å²) in [5, 5.41) is 4.02. The van der Waals surface area contributed by atoms with E-state index < -0.39 is 0 Å². The van der Waals surface area contributed by atoms with Crippen LogP contribution in [0.1, 0.15) is 25.3 Å². The fraction of sp³-hybridized carbons (Fsp3) is 0.318. The minimum atomic E-state index is 0.597. The molecule has 142 valence electrons. The van der Waals surface area contributed by atoms with Crippen molar-refractivity contribution in [3.63, 3.8) is 0 Å². The molecule has 0 N–H and O–H groups in total. The van der Waals surface area contributed by atoms with Gasteiger partial charge < -0.3 is 18.7 Å². The monoisotopic (exact) mass is 367 g/mol. The molecular formula is C22H25NO4. The SMILES string of the molecule is CCCCc1ccc(-c2cnoc2-c2cc(OC)c(OC)cc2OC)cc1. The van der Waals surface area contributed by atoms with Gasteiger partial charge in [-0.25, -0.2) is 0 Å². The van der Waals surface area contributed by atoms with Gasteiger partial charge in [-0.2, -0.15) is 0 Å². The van der Waals surface area contributed by atoms with E-state index in [0.717, 1.165) is 23.1 Å². The van der Waals surface area contributed by atoms with E-state index in [1.54, 1.807) is 33.6 Å². The van der Waals surface area contributed by atoms with Crippen LogP contribution in [0.25, 0.3) is 22.5 Å². The summed E-state index contributed by atoms with van der Waals surface area (Å²) in [6.07, 6.45) is 5.21. The number of hydrogen-bond donors (Lipinski definition) is 0. The summed E-state index contributed by atoms with van der Waals surface area (Å²) in [7, 11) is 4.81.